The summed E-state index contributed by atoms with van der Waals surface area (Å²) in [7, 11) is 0. The standard InChI is InChI=1S/C11H17F3N2O3/c1-5-7-6-10(18,11(12,13)14)16(15-7)8(17)19-9(2,3)4/h5,15,18H,6H2,1-4H3. The van der Waals surface area contributed by atoms with Gasteiger partial charge in [-0.25, -0.2) is 4.79 Å². The van der Waals surface area contributed by atoms with E-state index in [9.17, 15) is 23.1 Å². The zero-order chi connectivity index (χ0) is 15.1. The molecule has 0 aromatic heterocycles. The fourth-order valence-corrected chi connectivity index (χ4v) is 1.52. The van der Waals surface area contributed by atoms with Crippen LogP contribution in [0.15, 0.2) is 11.8 Å². The van der Waals surface area contributed by atoms with E-state index in [2.05, 4.69) is 5.43 Å². The van der Waals surface area contributed by atoms with E-state index in [1.54, 1.807) is 0 Å². The molecule has 110 valence electrons. The molecule has 0 aliphatic carbocycles. The quantitative estimate of drug-likeness (QED) is 0.715. The summed E-state index contributed by atoms with van der Waals surface area (Å²) in [6.45, 7) is 6.05. The van der Waals surface area contributed by atoms with Gasteiger partial charge in [-0.05, 0) is 27.7 Å². The van der Waals surface area contributed by atoms with Gasteiger partial charge < -0.3 is 9.84 Å². The zero-order valence-corrected chi connectivity index (χ0v) is 11.1. The molecule has 1 aliphatic rings. The van der Waals surface area contributed by atoms with Crippen LogP contribution in [0.3, 0.4) is 0 Å². The van der Waals surface area contributed by atoms with E-state index in [1.165, 1.54) is 33.8 Å². The molecule has 1 atom stereocenters. The molecule has 5 nitrogen and oxygen atoms in total. The second kappa shape index (κ2) is 4.59. The van der Waals surface area contributed by atoms with Gasteiger partial charge in [0, 0.05) is 12.1 Å². The molecule has 1 fully saturated rings. The highest BCUT2D eigenvalue weighted by Crippen LogP contribution is 2.41. The van der Waals surface area contributed by atoms with E-state index in [-0.39, 0.29) is 10.7 Å². The van der Waals surface area contributed by atoms with Gasteiger partial charge in [0.15, 0.2) is 0 Å². The molecule has 1 saturated heterocycles. The monoisotopic (exact) mass is 282 g/mol. The van der Waals surface area contributed by atoms with E-state index in [0.717, 1.165) is 0 Å². The molecule has 0 spiro atoms. The van der Waals surface area contributed by atoms with Crippen LogP contribution in [0.4, 0.5) is 18.0 Å². The number of hydrogen-bond acceptors (Lipinski definition) is 4. The zero-order valence-electron chi connectivity index (χ0n) is 11.1. The minimum atomic E-state index is -5.00. The highest BCUT2D eigenvalue weighted by atomic mass is 19.4. The van der Waals surface area contributed by atoms with Crippen LogP contribution >= 0.6 is 0 Å². The summed E-state index contributed by atoms with van der Waals surface area (Å²) < 4.78 is 43.6. The molecule has 1 amide bonds. The molecule has 0 aromatic carbocycles. The third kappa shape index (κ3) is 3.12. The van der Waals surface area contributed by atoms with Gasteiger partial charge in [-0.2, -0.15) is 18.2 Å². The van der Waals surface area contributed by atoms with Crippen LogP contribution in [0.1, 0.15) is 34.1 Å². The molecule has 19 heavy (non-hydrogen) atoms. The van der Waals surface area contributed by atoms with E-state index < -0.39 is 30.0 Å². The normalized spacial score (nSPS) is 26.5. The number of aliphatic hydroxyl groups is 1. The average molecular weight is 282 g/mol. The lowest BCUT2D eigenvalue weighted by Gasteiger charge is -2.34. The third-order valence-corrected chi connectivity index (χ3v) is 2.44. The maximum atomic E-state index is 12.9. The Morgan fingerprint density at radius 1 is 1.47 bits per heavy atom. The van der Waals surface area contributed by atoms with Crippen molar-refractivity contribution in [3.8, 4) is 0 Å². The first-order chi connectivity index (χ1) is 8.40. The lowest BCUT2D eigenvalue weighted by Crippen LogP contribution is -2.60. The minimum Gasteiger partial charge on any atom is -0.442 e. The van der Waals surface area contributed by atoms with Crippen molar-refractivity contribution in [1.29, 1.82) is 0 Å². The van der Waals surface area contributed by atoms with Crippen LogP contribution in [0.25, 0.3) is 0 Å². The Hall–Kier alpha value is -1.44. The molecule has 8 heteroatoms. The molecule has 0 saturated carbocycles. The summed E-state index contributed by atoms with van der Waals surface area (Å²) >= 11 is 0. The number of halogens is 3. The Kier molecular flexibility index (Phi) is 3.77. The second-order valence-corrected chi connectivity index (χ2v) is 5.23. The number of ether oxygens (including phenoxy) is 1. The van der Waals surface area contributed by atoms with Gasteiger partial charge in [-0.3, -0.25) is 5.43 Å². The van der Waals surface area contributed by atoms with E-state index in [0.29, 0.717) is 0 Å². The Morgan fingerprint density at radius 3 is 2.37 bits per heavy atom. The van der Waals surface area contributed by atoms with Gasteiger partial charge in [-0.15, -0.1) is 0 Å². The summed E-state index contributed by atoms with van der Waals surface area (Å²) in [4.78, 5) is 11.7. The van der Waals surface area contributed by atoms with Crippen molar-refractivity contribution in [1.82, 2.24) is 10.4 Å². The van der Waals surface area contributed by atoms with Crippen molar-refractivity contribution in [3.05, 3.63) is 11.8 Å². The molecule has 1 unspecified atom stereocenters. The van der Waals surface area contributed by atoms with E-state index in [4.69, 9.17) is 4.74 Å². The summed E-state index contributed by atoms with van der Waals surface area (Å²) in [6.07, 6.45) is -5.70. The Bertz CT molecular complexity index is 401. The maximum absolute atomic E-state index is 12.9. The highest BCUT2D eigenvalue weighted by Gasteiger charge is 2.64. The van der Waals surface area contributed by atoms with Gasteiger partial charge in [0.25, 0.3) is 5.72 Å². The number of alkyl halides is 3. The topological polar surface area (TPSA) is 61.8 Å². The molecule has 1 heterocycles. The van der Waals surface area contributed by atoms with Crippen molar-refractivity contribution in [3.63, 3.8) is 0 Å². The number of carbonyl (C=O) groups is 1. The molecule has 0 aromatic rings. The Labute approximate surface area is 109 Å². The summed E-state index contributed by atoms with van der Waals surface area (Å²) in [6, 6.07) is 0. The van der Waals surface area contributed by atoms with Gasteiger partial charge in [0.05, 0.1) is 0 Å². The number of allylic oxidation sites excluding steroid dienone is 1. The molecule has 1 rings (SSSR count). The van der Waals surface area contributed by atoms with Gasteiger partial charge in [-0.1, -0.05) is 6.08 Å². The van der Waals surface area contributed by atoms with Crippen molar-refractivity contribution in [2.45, 2.75) is 51.6 Å². The number of rotatable bonds is 0. The van der Waals surface area contributed by atoms with Crippen LogP contribution in [-0.4, -0.2) is 33.7 Å². The summed E-state index contributed by atoms with van der Waals surface area (Å²) in [5.41, 5.74) is -1.98. The number of nitrogens with one attached hydrogen (secondary N) is 1. The summed E-state index contributed by atoms with van der Waals surface area (Å²) in [5, 5.41) is 9.83. The van der Waals surface area contributed by atoms with Crippen molar-refractivity contribution in [2.24, 2.45) is 0 Å². The van der Waals surface area contributed by atoms with Crippen LogP contribution in [0, 0.1) is 0 Å². The lowest BCUT2D eigenvalue weighted by atomic mass is 10.1. The summed E-state index contributed by atoms with van der Waals surface area (Å²) in [5.74, 6) is 0. The van der Waals surface area contributed by atoms with Crippen LogP contribution in [0.2, 0.25) is 0 Å². The third-order valence-electron chi connectivity index (χ3n) is 2.44. The molecule has 2 N–H and O–H groups in total. The first-order valence-corrected chi connectivity index (χ1v) is 5.65. The molecule has 0 bridgehead atoms. The predicted molar refractivity (Wildman–Crippen MR) is 60.6 cm³/mol. The molecule has 1 aliphatic heterocycles. The van der Waals surface area contributed by atoms with E-state index in [1.807, 2.05) is 0 Å². The molecule has 0 radical (unpaired) electrons. The number of amides is 1. The maximum Gasteiger partial charge on any atom is 0.438 e. The number of hydrogen-bond donors (Lipinski definition) is 2. The van der Waals surface area contributed by atoms with Gasteiger partial charge >= 0.3 is 12.3 Å². The van der Waals surface area contributed by atoms with Crippen molar-refractivity contribution < 1.29 is 27.8 Å². The number of carbonyl (C=O) groups excluding carboxylic acids is 1. The predicted octanol–water partition coefficient (Wildman–Crippen LogP) is 2.29. The number of nitrogens with zero attached hydrogens (tertiary/aromatic N) is 1. The molecular formula is C11H17F3N2O3. The fourth-order valence-electron chi connectivity index (χ4n) is 1.52. The minimum absolute atomic E-state index is 0.0770. The van der Waals surface area contributed by atoms with Crippen LogP contribution < -0.4 is 5.43 Å². The first kappa shape index (κ1) is 15.6. The Morgan fingerprint density at radius 2 is 2.00 bits per heavy atom. The second-order valence-electron chi connectivity index (χ2n) is 5.23. The fraction of sp³-hybridized carbons (Fsp3) is 0.727. The Balaban J connectivity index is 3.06. The van der Waals surface area contributed by atoms with Crippen molar-refractivity contribution >= 4 is 6.09 Å². The molecular weight excluding hydrogens is 265 g/mol. The van der Waals surface area contributed by atoms with Crippen LogP contribution in [0.5, 0.6) is 0 Å². The lowest BCUT2D eigenvalue weighted by molar-refractivity contribution is -0.303. The van der Waals surface area contributed by atoms with E-state index >= 15 is 0 Å². The smallest absolute Gasteiger partial charge is 0.438 e. The highest BCUT2D eigenvalue weighted by molar-refractivity contribution is 5.69. The van der Waals surface area contributed by atoms with Gasteiger partial charge in [0.2, 0.25) is 0 Å². The number of hydrazine groups is 1. The average Bonchev–Trinajstić information content (AvgIpc) is 2.53. The van der Waals surface area contributed by atoms with Crippen LogP contribution in [-0.2, 0) is 4.74 Å². The van der Waals surface area contributed by atoms with Gasteiger partial charge in [0.1, 0.15) is 5.60 Å². The SMILES string of the molecule is CC=C1CC(O)(C(F)(F)F)N(C(=O)OC(C)(C)C)N1. The van der Waals surface area contributed by atoms with Crippen molar-refractivity contribution in [2.75, 3.05) is 0 Å². The first-order valence-electron chi connectivity index (χ1n) is 5.65. The largest absolute Gasteiger partial charge is 0.442 e.